The monoisotopic (exact) mass is 356 g/mol. The van der Waals surface area contributed by atoms with Gasteiger partial charge in [0, 0.05) is 31.6 Å². The minimum Gasteiger partial charge on any atom is -0.342 e. The lowest BCUT2D eigenvalue weighted by Gasteiger charge is -2.28. The van der Waals surface area contributed by atoms with Crippen LogP contribution in [0.15, 0.2) is 18.2 Å². The maximum atomic E-state index is 12.7. The number of aromatic nitrogens is 2. The maximum absolute atomic E-state index is 12.7. The van der Waals surface area contributed by atoms with Crippen LogP contribution in [0.1, 0.15) is 38.6 Å². The smallest absolute Gasteiger partial charge is 0.228 e. The number of carbonyl (C=O) groups excluding carboxylic acids is 2. The van der Waals surface area contributed by atoms with Crippen LogP contribution in [0.25, 0.3) is 11.0 Å². The molecule has 2 heterocycles. The van der Waals surface area contributed by atoms with Crippen LogP contribution in [0.4, 0.5) is 0 Å². The molecular weight excluding hydrogens is 328 g/mol. The van der Waals surface area contributed by atoms with E-state index in [-0.39, 0.29) is 17.2 Å². The molecule has 1 aliphatic heterocycles. The van der Waals surface area contributed by atoms with Gasteiger partial charge < -0.3 is 14.8 Å². The van der Waals surface area contributed by atoms with Crippen molar-refractivity contribution in [3.8, 4) is 0 Å². The molecule has 1 aliphatic rings. The van der Waals surface area contributed by atoms with Gasteiger partial charge in [0.25, 0.3) is 0 Å². The van der Waals surface area contributed by atoms with Crippen molar-refractivity contribution in [2.45, 2.75) is 40.5 Å². The van der Waals surface area contributed by atoms with Crippen molar-refractivity contribution < 1.29 is 9.59 Å². The molecule has 2 amide bonds. The van der Waals surface area contributed by atoms with Crippen LogP contribution in [0.3, 0.4) is 0 Å². The van der Waals surface area contributed by atoms with Gasteiger partial charge in [-0.3, -0.25) is 9.59 Å². The van der Waals surface area contributed by atoms with Crippen molar-refractivity contribution >= 4 is 22.8 Å². The molecule has 1 aromatic heterocycles. The zero-order chi connectivity index (χ0) is 18.9. The number of amides is 2. The van der Waals surface area contributed by atoms with E-state index < -0.39 is 0 Å². The topological polar surface area (TPSA) is 69.3 Å². The third-order valence-corrected chi connectivity index (χ3v) is 4.80. The van der Waals surface area contributed by atoms with E-state index in [1.54, 1.807) is 0 Å². The van der Waals surface area contributed by atoms with Gasteiger partial charge in [-0.25, -0.2) is 4.98 Å². The number of H-pyrrole nitrogens is 1. The lowest BCUT2D eigenvalue weighted by molar-refractivity contribution is -0.139. The number of hydrogen-bond donors (Lipinski definition) is 1. The Morgan fingerprint density at radius 3 is 2.54 bits per heavy atom. The van der Waals surface area contributed by atoms with Gasteiger partial charge in [-0.2, -0.15) is 0 Å². The Morgan fingerprint density at radius 1 is 1.12 bits per heavy atom. The van der Waals surface area contributed by atoms with Crippen molar-refractivity contribution in [3.05, 3.63) is 29.6 Å². The minimum absolute atomic E-state index is 0.116. The maximum Gasteiger partial charge on any atom is 0.228 e. The molecule has 6 heteroatoms. The van der Waals surface area contributed by atoms with Gasteiger partial charge in [-0.05, 0) is 31.0 Å². The van der Waals surface area contributed by atoms with Crippen LogP contribution in [0.5, 0.6) is 0 Å². The second kappa shape index (κ2) is 7.09. The predicted octanol–water partition coefficient (Wildman–Crippen LogP) is 2.52. The van der Waals surface area contributed by atoms with Gasteiger partial charge in [0.2, 0.25) is 11.8 Å². The van der Waals surface area contributed by atoms with E-state index in [9.17, 15) is 9.59 Å². The average molecular weight is 356 g/mol. The molecule has 2 aromatic rings. The molecule has 0 aliphatic carbocycles. The first-order chi connectivity index (χ1) is 12.2. The Bertz CT molecular complexity index is 819. The summed E-state index contributed by atoms with van der Waals surface area (Å²) in [6.07, 6.45) is 1.20. The van der Waals surface area contributed by atoms with Gasteiger partial charge in [0.05, 0.1) is 17.5 Å². The SMILES string of the molecule is Cc1nc2ccc(CC(=O)N3CCCN(C(=O)C(C)(C)C)CC3)cc2[nH]1. The average Bonchev–Trinajstić information content (AvgIpc) is 2.78. The van der Waals surface area contributed by atoms with Crippen LogP contribution >= 0.6 is 0 Å². The summed E-state index contributed by atoms with van der Waals surface area (Å²) in [5.74, 6) is 1.15. The molecule has 1 N–H and O–H groups in total. The number of aromatic amines is 1. The highest BCUT2D eigenvalue weighted by atomic mass is 16.2. The highest BCUT2D eigenvalue weighted by molar-refractivity contribution is 5.83. The van der Waals surface area contributed by atoms with E-state index in [1.165, 1.54) is 0 Å². The summed E-state index contributed by atoms with van der Waals surface area (Å²) in [5.41, 5.74) is 2.49. The number of aryl methyl sites for hydroxylation is 1. The molecule has 0 spiro atoms. The predicted molar refractivity (Wildman–Crippen MR) is 102 cm³/mol. The zero-order valence-corrected chi connectivity index (χ0v) is 16.1. The summed E-state index contributed by atoms with van der Waals surface area (Å²) >= 11 is 0. The Hall–Kier alpha value is -2.37. The van der Waals surface area contributed by atoms with Gasteiger partial charge in [-0.1, -0.05) is 26.8 Å². The molecule has 6 nitrogen and oxygen atoms in total. The molecule has 0 saturated carbocycles. The Kier molecular flexibility index (Phi) is 5.03. The summed E-state index contributed by atoms with van der Waals surface area (Å²) in [4.78, 5) is 36.6. The minimum atomic E-state index is -0.378. The fourth-order valence-corrected chi connectivity index (χ4v) is 3.43. The van der Waals surface area contributed by atoms with Crippen molar-refractivity contribution in [2.24, 2.45) is 5.41 Å². The van der Waals surface area contributed by atoms with Crippen molar-refractivity contribution in [1.29, 1.82) is 0 Å². The molecule has 0 atom stereocenters. The third-order valence-electron chi connectivity index (χ3n) is 4.80. The number of rotatable bonds is 2. The number of imidazole rings is 1. The van der Waals surface area contributed by atoms with E-state index in [4.69, 9.17) is 0 Å². The summed E-state index contributed by atoms with van der Waals surface area (Å²) in [7, 11) is 0. The van der Waals surface area contributed by atoms with Crippen molar-refractivity contribution in [1.82, 2.24) is 19.8 Å². The van der Waals surface area contributed by atoms with E-state index >= 15 is 0 Å². The number of fused-ring (bicyclic) bond motifs is 1. The van der Waals surface area contributed by atoms with Crippen LogP contribution in [-0.4, -0.2) is 57.8 Å². The van der Waals surface area contributed by atoms with E-state index in [2.05, 4.69) is 9.97 Å². The largest absolute Gasteiger partial charge is 0.342 e. The van der Waals surface area contributed by atoms with E-state index in [1.807, 2.05) is 55.7 Å². The lowest BCUT2D eigenvalue weighted by atomic mass is 9.94. The van der Waals surface area contributed by atoms with Crippen LogP contribution in [-0.2, 0) is 16.0 Å². The van der Waals surface area contributed by atoms with Gasteiger partial charge >= 0.3 is 0 Å². The highest BCUT2D eigenvalue weighted by Crippen LogP contribution is 2.19. The number of hydrogen-bond acceptors (Lipinski definition) is 3. The van der Waals surface area contributed by atoms with Crippen LogP contribution in [0, 0.1) is 12.3 Å². The summed E-state index contributed by atoms with van der Waals surface area (Å²) in [6.45, 7) is 10.4. The Labute approximate surface area is 154 Å². The first kappa shape index (κ1) is 18.4. The summed E-state index contributed by atoms with van der Waals surface area (Å²) < 4.78 is 0. The molecule has 26 heavy (non-hydrogen) atoms. The quantitative estimate of drug-likeness (QED) is 0.899. The standard InChI is InChI=1S/C20H28N4O2/c1-14-21-16-7-6-15(12-17(16)22-14)13-18(25)23-8-5-9-24(11-10-23)19(26)20(2,3)4/h6-7,12H,5,8-11,13H2,1-4H3,(H,21,22). The molecule has 1 aromatic carbocycles. The summed E-state index contributed by atoms with van der Waals surface area (Å²) in [6, 6.07) is 5.92. The Balaban J connectivity index is 1.63. The van der Waals surface area contributed by atoms with Crippen molar-refractivity contribution in [2.75, 3.05) is 26.2 Å². The molecule has 140 valence electrons. The molecule has 1 saturated heterocycles. The first-order valence-corrected chi connectivity index (χ1v) is 9.26. The van der Waals surface area contributed by atoms with Crippen molar-refractivity contribution in [3.63, 3.8) is 0 Å². The number of carbonyl (C=O) groups is 2. The Morgan fingerprint density at radius 2 is 1.81 bits per heavy atom. The third kappa shape index (κ3) is 4.06. The van der Waals surface area contributed by atoms with Crippen LogP contribution < -0.4 is 0 Å². The molecular formula is C20H28N4O2. The lowest BCUT2D eigenvalue weighted by Crippen LogP contribution is -2.42. The van der Waals surface area contributed by atoms with E-state index in [0.717, 1.165) is 35.4 Å². The highest BCUT2D eigenvalue weighted by Gasteiger charge is 2.29. The molecule has 1 fully saturated rings. The molecule has 3 rings (SSSR count). The second-order valence-corrected chi connectivity index (χ2v) is 8.13. The second-order valence-electron chi connectivity index (χ2n) is 8.13. The molecule has 0 radical (unpaired) electrons. The zero-order valence-electron chi connectivity index (χ0n) is 16.1. The van der Waals surface area contributed by atoms with Gasteiger partial charge in [0.1, 0.15) is 5.82 Å². The summed E-state index contributed by atoms with van der Waals surface area (Å²) in [5, 5.41) is 0. The fourth-order valence-electron chi connectivity index (χ4n) is 3.43. The van der Waals surface area contributed by atoms with Gasteiger partial charge in [0.15, 0.2) is 0 Å². The first-order valence-electron chi connectivity index (χ1n) is 9.26. The fraction of sp³-hybridized carbons (Fsp3) is 0.550. The number of nitrogens with one attached hydrogen (secondary N) is 1. The van der Waals surface area contributed by atoms with Crippen LogP contribution in [0.2, 0.25) is 0 Å². The van der Waals surface area contributed by atoms with E-state index in [0.29, 0.717) is 26.1 Å². The number of benzene rings is 1. The molecule has 0 bridgehead atoms. The van der Waals surface area contributed by atoms with Gasteiger partial charge in [-0.15, -0.1) is 0 Å². The normalized spacial score (nSPS) is 16.0. The molecule has 0 unspecified atom stereocenters. The number of nitrogens with zero attached hydrogens (tertiary/aromatic N) is 3.